The molecule has 3 rings (SSSR count). The Morgan fingerprint density at radius 3 is 2.29 bits per heavy atom. The number of likely N-dealkylation sites (tertiary alicyclic amines) is 1. The molecule has 1 unspecified atom stereocenters. The van der Waals surface area contributed by atoms with Gasteiger partial charge >= 0.3 is 0 Å². The summed E-state index contributed by atoms with van der Waals surface area (Å²) in [5.41, 5.74) is 0.624. The Morgan fingerprint density at radius 1 is 0.958 bits per heavy atom. The van der Waals surface area contributed by atoms with E-state index in [4.69, 9.17) is 4.42 Å². The van der Waals surface area contributed by atoms with Crippen molar-refractivity contribution in [3.63, 3.8) is 0 Å². The molecule has 5 nitrogen and oxygen atoms in total. The summed E-state index contributed by atoms with van der Waals surface area (Å²) in [6.07, 6.45) is 5.39. The molecule has 0 spiro atoms. The molecular weight excluding hydrogens is 304 g/mol. The first-order valence-corrected chi connectivity index (χ1v) is 8.54. The molecule has 1 amide bonds. The minimum absolute atomic E-state index is 0.0487. The van der Waals surface area contributed by atoms with E-state index < -0.39 is 6.17 Å². The van der Waals surface area contributed by atoms with Crippen LogP contribution in [0, 0.1) is 0 Å². The summed E-state index contributed by atoms with van der Waals surface area (Å²) < 4.78 is 5.16. The second kappa shape index (κ2) is 7.93. The highest BCUT2D eigenvalue weighted by molar-refractivity contribution is 6.02. The molecule has 2 heterocycles. The predicted octanol–water partition coefficient (Wildman–Crippen LogP) is 1.68. The molecule has 0 aliphatic carbocycles. The van der Waals surface area contributed by atoms with Gasteiger partial charge in [0.05, 0.1) is 19.4 Å². The van der Waals surface area contributed by atoms with E-state index in [1.165, 1.54) is 19.1 Å². The first-order valence-electron chi connectivity index (χ1n) is 8.54. The van der Waals surface area contributed by atoms with Gasteiger partial charge in [-0.25, -0.2) is 0 Å². The van der Waals surface area contributed by atoms with Gasteiger partial charge in [-0.05, 0) is 37.8 Å². The largest absolute Gasteiger partial charge is 0.459 e. The van der Waals surface area contributed by atoms with E-state index >= 15 is 0 Å². The molecule has 1 atom stereocenters. The number of ketones is 1. The summed E-state index contributed by atoms with van der Waals surface area (Å²) in [7, 11) is 0. The van der Waals surface area contributed by atoms with Gasteiger partial charge in [0.25, 0.3) is 5.91 Å². The zero-order valence-electron chi connectivity index (χ0n) is 13.7. The Labute approximate surface area is 141 Å². The van der Waals surface area contributed by atoms with Crippen molar-refractivity contribution < 1.29 is 18.9 Å². The fourth-order valence-electron chi connectivity index (χ4n) is 3.20. The van der Waals surface area contributed by atoms with Gasteiger partial charge in [-0.3, -0.25) is 14.9 Å². The average Bonchev–Trinajstić information content (AvgIpc) is 3.03. The van der Waals surface area contributed by atoms with Crippen LogP contribution in [0.4, 0.5) is 0 Å². The van der Waals surface area contributed by atoms with Crippen molar-refractivity contribution in [2.45, 2.75) is 31.8 Å². The summed E-state index contributed by atoms with van der Waals surface area (Å²) >= 11 is 0. The van der Waals surface area contributed by atoms with Crippen LogP contribution >= 0.6 is 0 Å². The molecule has 126 valence electrons. The van der Waals surface area contributed by atoms with Gasteiger partial charge in [0.15, 0.2) is 5.76 Å². The van der Waals surface area contributed by atoms with E-state index in [2.05, 4.69) is 5.32 Å². The molecule has 1 saturated heterocycles. The van der Waals surface area contributed by atoms with Crippen molar-refractivity contribution in [1.82, 2.24) is 5.32 Å². The summed E-state index contributed by atoms with van der Waals surface area (Å²) in [6, 6.07) is 12.4. The molecule has 1 fully saturated rings. The van der Waals surface area contributed by atoms with Crippen molar-refractivity contribution in [3.05, 3.63) is 60.1 Å². The minimum Gasteiger partial charge on any atom is -0.459 e. The lowest BCUT2D eigenvalue weighted by Crippen LogP contribution is -3.18. The zero-order chi connectivity index (χ0) is 16.8. The predicted molar refractivity (Wildman–Crippen MR) is 89.9 cm³/mol. The Morgan fingerprint density at radius 2 is 1.67 bits per heavy atom. The third-order valence-electron chi connectivity index (χ3n) is 4.49. The number of hydrogen-bond donors (Lipinski definition) is 2. The molecule has 0 bridgehead atoms. The zero-order valence-corrected chi connectivity index (χ0v) is 13.7. The van der Waals surface area contributed by atoms with E-state index in [0.717, 1.165) is 30.8 Å². The van der Waals surface area contributed by atoms with Gasteiger partial charge < -0.3 is 9.32 Å². The lowest BCUT2D eigenvalue weighted by atomic mass is 10.1. The monoisotopic (exact) mass is 327 g/mol. The van der Waals surface area contributed by atoms with Crippen LogP contribution in [0.1, 0.15) is 46.6 Å². The number of quaternary nitrogens is 1. The average molecular weight is 327 g/mol. The lowest BCUT2D eigenvalue weighted by Gasteiger charge is -2.26. The third-order valence-corrected chi connectivity index (χ3v) is 4.49. The summed E-state index contributed by atoms with van der Waals surface area (Å²) in [5, 5.41) is 2.90. The van der Waals surface area contributed by atoms with Crippen LogP contribution in [-0.2, 0) is 0 Å². The highest BCUT2D eigenvalue weighted by Crippen LogP contribution is 2.06. The molecule has 1 aliphatic rings. The van der Waals surface area contributed by atoms with E-state index in [1.807, 2.05) is 18.2 Å². The number of amides is 1. The number of furan rings is 1. The van der Waals surface area contributed by atoms with Crippen LogP contribution in [-0.4, -0.2) is 30.9 Å². The molecule has 1 aromatic carbocycles. The Bertz CT molecular complexity index is 659. The maximum absolute atomic E-state index is 13.0. The number of carbonyl (C=O) groups excluding carboxylic acids is 2. The first kappa shape index (κ1) is 16.5. The molecule has 5 heteroatoms. The number of Topliss-reactive ketones (excluding diaryl/α,β-unsaturated/α-hetero) is 1. The molecule has 24 heavy (non-hydrogen) atoms. The summed E-state index contributed by atoms with van der Waals surface area (Å²) in [4.78, 5) is 26.5. The fraction of sp³-hybridized carbons (Fsp3) is 0.368. The van der Waals surface area contributed by atoms with Crippen molar-refractivity contribution in [2.24, 2.45) is 0 Å². The van der Waals surface area contributed by atoms with Crippen LogP contribution in [0.2, 0.25) is 0 Å². The molecule has 0 radical (unpaired) electrons. The van der Waals surface area contributed by atoms with Crippen molar-refractivity contribution in [1.29, 1.82) is 0 Å². The van der Waals surface area contributed by atoms with Crippen LogP contribution in [0.15, 0.2) is 53.1 Å². The Kier molecular flexibility index (Phi) is 5.43. The van der Waals surface area contributed by atoms with Crippen LogP contribution in [0.3, 0.4) is 0 Å². The second-order valence-electron chi connectivity index (χ2n) is 6.19. The van der Waals surface area contributed by atoms with Crippen molar-refractivity contribution in [2.75, 3.05) is 13.1 Å². The second-order valence-corrected chi connectivity index (χ2v) is 6.19. The normalized spacial score (nSPS) is 17.0. The summed E-state index contributed by atoms with van der Waals surface area (Å²) in [5.74, 6) is -0.159. The van der Waals surface area contributed by atoms with Gasteiger partial charge in [0, 0.05) is 5.56 Å². The van der Waals surface area contributed by atoms with Gasteiger partial charge in [-0.1, -0.05) is 30.3 Å². The highest BCUT2D eigenvalue weighted by Gasteiger charge is 2.33. The molecule has 1 aromatic heterocycles. The van der Waals surface area contributed by atoms with Crippen molar-refractivity contribution >= 4 is 11.7 Å². The first-order chi connectivity index (χ1) is 11.8. The number of carbonyl (C=O) groups is 2. The van der Waals surface area contributed by atoms with E-state index in [1.54, 1.807) is 24.3 Å². The Hall–Kier alpha value is -2.40. The molecule has 0 saturated carbocycles. The standard InChI is InChI=1S/C19H22N2O3/c22-17(15-9-4-3-5-10-15)18(21-12-6-1-2-7-13-21)20-19(23)16-11-8-14-24-16/h3-5,8-11,14,18H,1-2,6-7,12-13H2,(H,20,23)/p+1. The maximum atomic E-state index is 13.0. The number of rotatable bonds is 5. The summed E-state index contributed by atoms with van der Waals surface area (Å²) in [6.45, 7) is 1.78. The Balaban J connectivity index is 1.82. The minimum atomic E-state index is -0.580. The van der Waals surface area contributed by atoms with Gasteiger partial charge in [-0.2, -0.15) is 0 Å². The van der Waals surface area contributed by atoms with E-state index in [-0.39, 0.29) is 17.5 Å². The fourth-order valence-corrected chi connectivity index (χ4v) is 3.20. The molecular formula is C19H23N2O3+. The van der Waals surface area contributed by atoms with E-state index in [9.17, 15) is 9.59 Å². The van der Waals surface area contributed by atoms with Gasteiger partial charge in [0.2, 0.25) is 11.9 Å². The topological polar surface area (TPSA) is 63.8 Å². The SMILES string of the molecule is O=C(NC(C(=O)c1ccccc1)[NH+]1CCCCCC1)c1ccco1. The molecule has 2 N–H and O–H groups in total. The van der Waals surface area contributed by atoms with Crippen LogP contribution in [0.25, 0.3) is 0 Å². The van der Waals surface area contributed by atoms with Gasteiger partial charge in [0.1, 0.15) is 0 Å². The van der Waals surface area contributed by atoms with E-state index in [0.29, 0.717) is 5.56 Å². The number of nitrogens with one attached hydrogen (secondary N) is 2. The van der Waals surface area contributed by atoms with Gasteiger partial charge in [-0.15, -0.1) is 0 Å². The maximum Gasteiger partial charge on any atom is 0.291 e. The quantitative estimate of drug-likeness (QED) is 0.821. The van der Waals surface area contributed by atoms with Crippen molar-refractivity contribution in [3.8, 4) is 0 Å². The van der Waals surface area contributed by atoms with Crippen LogP contribution < -0.4 is 10.2 Å². The number of benzene rings is 1. The third kappa shape index (κ3) is 3.92. The lowest BCUT2D eigenvalue weighted by molar-refractivity contribution is -0.916. The van der Waals surface area contributed by atoms with Crippen LogP contribution in [0.5, 0.6) is 0 Å². The smallest absolute Gasteiger partial charge is 0.291 e. The number of hydrogen-bond acceptors (Lipinski definition) is 3. The molecule has 2 aromatic rings. The highest BCUT2D eigenvalue weighted by atomic mass is 16.3. The molecule has 1 aliphatic heterocycles.